The van der Waals surface area contributed by atoms with E-state index in [0.717, 1.165) is 11.1 Å². The van der Waals surface area contributed by atoms with Crippen LogP contribution in [0.3, 0.4) is 0 Å². The van der Waals surface area contributed by atoms with Crippen molar-refractivity contribution < 1.29 is 14.3 Å². The molecule has 0 bridgehead atoms. The normalized spacial score (nSPS) is 10.6. The van der Waals surface area contributed by atoms with Crippen LogP contribution in [0.15, 0.2) is 72.8 Å². The van der Waals surface area contributed by atoms with Crippen molar-refractivity contribution in [1.82, 2.24) is 0 Å². The lowest BCUT2D eigenvalue weighted by Crippen LogP contribution is -2.15. The van der Waals surface area contributed by atoms with Crippen LogP contribution in [-0.2, 0) is 4.79 Å². The van der Waals surface area contributed by atoms with Gasteiger partial charge in [0.1, 0.15) is 0 Å². The number of anilines is 1. The van der Waals surface area contributed by atoms with E-state index in [1.165, 1.54) is 14.2 Å². The van der Waals surface area contributed by atoms with Gasteiger partial charge in [-0.15, -0.1) is 11.8 Å². The van der Waals surface area contributed by atoms with Crippen LogP contribution < -0.4 is 14.8 Å². The number of halogens is 1. The molecule has 0 fully saturated rings. The van der Waals surface area contributed by atoms with Crippen molar-refractivity contribution in [3.63, 3.8) is 0 Å². The quantitative estimate of drug-likeness (QED) is 0.492. The topological polar surface area (TPSA) is 47.6 Å². The van der Waals surface area contributed by atoms with E-state index in [4.69, 9.17) is 21.1 Å². The standard InChI is InChI=1S/C23H22ClNO3S/c1-27-20-13-18(24)19(14-21(20)28-2)25-22(26)15-29-23(16-9-5-3-6-10-16)17-11-7-4-8-12-17/h3-14,23H,15H2,1-2H3,(H,25,26). The molecule has 3 aromatic rings. The average Bonchev–Trinajstić information content (AvgIpc) is 2.76. The van der Waals surface area contributed by atoms with E-state index >= 15 is 0 Å². The maximum absolute atomic E-state index is 12.6. The molecule has 0 heterocycles. The van der Waals surface area contributed by atoms with Crippen LogP contribution in [0, 0.1) is 0 Å². The molecule has 4 nitrogen and oxygen atoms in total. The third-order valence-corrected chi connectivity index (χ3v) is 5.95. The minimum atomic E-state index is -0.138. The van der Waals surface area contributed by atoms with Crippen LogP contribution >= 0.6 is 23.4 Å². The Balaban J connectivity index is 1.73. The Morgan fingerprint density at radius 1 is 0.931 bits per heavy atom. The summed E-state index contributed by atoms with van der Waals surface area (Å²) in [5.74, 6) is 1.16. The summed E-state index contributed by atoms with van der Waals surface area (Å²) in [5, 5.41) is 3.32. The van der Waals surface area contributed by atoms with Gasteiger partial charge in [0, 0.05) is 12.1 Å². The molecule has 0 saturated carbocycles. The number of rotatable bonds is 8. The predicted molar refractivity (Wildman–Crippen MR) is 120 cm³/mol. The zero-order chi connectivity index (χ0) is 20.6. The van der Waals surface area contributed by atoms with Crippen molar-refractivity contribution in [2.75, 3.05) is 25.3 Å². The van der Waals surface area contributed by atoms with Crippen LogP contribution in [-0.4, -0.2) is 25.9 Å². The lowest BCUT2D eigenvalue weighted by molar-refractivity contribution is -0.113. The lowest BCUT2D eigenvalue weighted by atomic mass is 10.0. The third-order valence-electron chi connectivity index (χ3n) is 4.33. The monoisotopic (exact) mass is 427 g/mol. The first-order valence-corrected chi connectivity index (χ1v) is 10.5. The molecule has 0 aliphatic carbocycles. The Morgan fingerprint density at radius 3 is 1.97 bits per heavy atom. The van der Waals surface area contributed by atoms with Crippen LogP contribution in [0.1, 0.15) is 16.4 Å². The number of hydrogen-bond donors (Lipinski definition) is 1. The van der Waals surface area contributed by atoms with E-state index in [-0.39, 0.29) is 16.9 Å². The molecule has 0 aliphatic rings. The van der Waals surface area contributed by atoms with Gasteiger partial charge in [-0.05, 0) is 11.1 Å². The molecular formula is C23H22ClNO3S. The molecule has 1 N–H and O–H groups in total. The number of thioether (sulfide) groups is 1. The van der Waals surface area contributed by atoms with Gasteiger partial charge in [0.05, 0.1) is 35.9 Å². The molecule has 3 rings (SSSR count). The molecular weight excluding hydrogens is 406 g/mol. The second-order valence-corrected chi connectivity index (χ2v) is 7.75. The SMILES string of the molecule is COc1cc(Cl)c(NC(=O)CSC(c2ccccc2)c2ccccc2)cc1OC. The maximum Gasteiger partial charge on any atom is 0.234 e. The minimum absolute atomic E-state index is 0.0593. The first-order valence-electron chi connectivity index (χ1n) is 9.05. The molecule has 0 aromatic heterocycles. The Labute approximate surface area is 180 Å². The number of benzene rings is 3. The van der Waals surface area contributed by atoms with Crippen LogP contribution in [0.4, 0.5) is 5.69 Å². The van der Waals surface area contributed by atoms with Gasteiger partial charge >= 0.3 is 0 Å². The van der Waals surface area contributed by atoms with E-state index in [2.05, 4.69) is 29.6 Å². The molecule has 0 unspecified atom stereocenters. The largest absolute Gasteiger partial charge is 0.493 e. The van der Waals surface area contributed by atoms with Gasteiger partial charge in [0.15, 0.2) is 11.5 Å². The van der Waals surface area contributed by atoms with E-state index in [9.17, 15) is 4.79 Å². The summed E-state index contributed by atoms with van der Waals surface area (Å²) >= 11 is 7.85. The fraction of sp³-hybridized carbons (Fsp3) is 0.174. The number of nitrogens with one attached hydrogen (secondary N) is 1. The highest BCUT2D eigenvalue weighted by atomic mass is 35.5. The van der Waals surface area contributed by atoms with Crippen LogP contribution in [0.25, 0.3) is 0 Å². The molecule has 0 saturated heterocycles. The van der Waals surface area contributed by atoms with Gasteiger partial charge in [0.25, 0.3) is 0 Å². The summed E-state index contributed by atoms with van der Waals surface area (Å²) in [4.78, 5) is 12.6. The van der Waals surface area contributed by atoms with Gasteiger partial charge in [-0.1, -0.05) is 72.3 Å². The number of amides is 1. The second-order valence-electron chi connectivity index (χ2n) is 6.25. The maximum atomic E-state index is 12.6. The molecule has 1 amide bonds. The van der Waals surface area contributed by atoms with Crippen molar-refractivity contribution in [3.8, 4) is 11.5 Å². The number of methoxy groups -OCH3 is 2. The van der Waals surface area contributed by atoms with Gasteiger partial charge in [-0.2, -0.15) is 0 Å². The van der Waals surface area contributed by atoms with E-state index < -0.39 is 0 Å². The first kappa shape index (κ1) is 21.1. The number of hydrogen-bond acceptors (Lipinski definition) is 4. The van der Waals surface area contributed by atoms with Crippen molar-refractivity contribution in [2.45, 2.75) is 5.25 Å². The molecule has 6 heteroatoms. The summed E-state index contributed by atoms with van der Waals surface area (Å²) < 4.78 is 10.5. The molecule has 3 aromatic carbocycles. The lowest BCUT2D eigenvalue weighted by Gasteiger charge is -2.18. The van der Waals surface area contributed by atoms with Gasteiger partial charge < -0.3 is 14.8 Å². The van der Waals surface area contributed by atoms with Crippen LogP contribution in [0.2, 0.25) is 5.02 Å². The first-order chi connectivity index (χ1) is 14.1. The summed E-state index contributed by atoms with van der Waals surface area (Å²) in [7, 11) is 3.08. The number of carbonyl (C=O) groups is 1. The summed E-state index contributed by atoms with van der Waals surface area (Å²) in [5.41, 5.74) is 2.80. The predicted octanol–water partition coefficient (Wildman–Crippen LogP) is 5.82. The molecule has 0 spiro atoms. The Kier molecular flexibility index (Phi) is 7.44. The fourth-order valence-electron chi connectivity index (χ4n) is 2.94. The zero-order valence-corrected chi connectivity index (χ0v) is 17.8. The Bertz CT molecular complexity index is 912. The minimum Gasteiger partial charge on any atom is -0.493 e. The summed E-state index contributed by atoms with van der Waals surface area (Å²) in [6, 6.07) is 23.6. The smallest absolute Gasteiger partial charge is 0.234 e. The van der Waals surface area contributed by atoms with Gasteiger partial charge in [-0.25, -0.2) is 0 Å². The number of ether oxygens (including phenoxy) is 2. The van der Waals surface area contributed by atoms with Crippen molar-refractivity contribution in [3.05, 3.63) is 88.9 Å². The highest BCUT2D eigenvalue weighted by molar-refractivity contribution is 8.00. The number of carbonyl (C=O) groups excluding carboxylic acids is 1. The van der Waals surface area contributed by atoms with Crippen molar-refractivity contribution in [2.24, 2.45) is 0 Å². The van der Waals surface area contributed by atoms with Gasteiger partial charge in [0.2, 0.25) is 5.91 Å². The highest BCUT2D eigenvalue weighted by Gasteiger charge is 2.17. The Morgan fingerprint density at radius 2 is 1.45 bits per heavy atom. The molecule has 0 radical (unpaired) electrons. The van der Waals surface area contributed by atoms with Crippen molar-refractivity contribution >= 4 is 35.0 Å². The second kappa shape index (κ2) is 10.2. The molecule has 0 atom stereocenters. The molecule has 29 heavy (non-hydrogen) atoms. The highest BCUT2D eigenvalue weighted by Crippen LogP contribution is 2.37. The van der Waals surface area contributed by atoms with Gasteiger partial charge in [-0.3, -0.25) is 4.79 Å². The molecule has 0 aliphatic heterocycles. The van der Waals surface area contributed by atoms with Crippen molar-refractivity contribution in [1.29, 1.82) is 0 Å². The summed E-state index contributed by atoms with van der Waals surface area (Å²) in [6.45, 7) is 0. The van der Waals surface area contributed by atoms with Crippen LogP contribution in [0.5, 0.6) is 11.5 Å². The third kappa shape index (κ3) is 5.46. The zero-order valence-electron chi connectivity index (χ0n) is 16.2. The fourth-order valence-corrected chi connectivity index (χ4v) is 4.23. The molecule has 150 valence electrons. The van der Waals surface area contributed by atoms with E-state index in [1.807, 2.05) is 36.4 Å². The average molecular weight is 428 g/mol. The van der Waals surface area contributed by atoms with E-state index in [1.54, 1.807) is 23.9 Å². The van der Waals surface area contributed by atoms with E-state index in [0.29, 0.717) is 22.2 Å². The summed E-state index contributed by atoms with van der Waals surface area (Å²) in [6.07, 6.45) is 0. The Hall–Kier alpha value is -2.63.